The summed E-state index contributed by atoms with van der Waals surface area (Å²) in [6, 6.07) is 26.3. The smallest absolute Gasteiger partial charge is 0.516 e. The maximum atomic E-state index is 12.8. The van der Waals surface area contributed by atoms with Gasteiger partial charge in [0.1, 0.15) is 29.3 Å². The summed E-state index contributed by atoms with van der Waals surface area (Å²) in [5.74, 6) is 2.02. The predicted molar refractivity (Wildman–Crippen MR) is 434 cm³/mol. The Hall–Kier alpha value is -7.14. The first-order valence-corrected chi connectivity index (χ1v) is 43.1. The number of esters is 5. The lowest BCUT2D eigenvalue weighted by molar-refractivity contribution is -0.959. The van der Waals surface area contributed by atoms with Gasteiger partial charge < -0.3 is 78.4 Å². The number of nitrogens with one attached hydrogen (secondary N) is 2. The molecule has 4 aromatic rings. The van der Waals surface area contributed by atoms with Gasteiger partial charge in [-0.1, -0.05) is 121 Å². The van der Waals surface area contributed by atoms with Crippen molar-refractivity contribution in [1.29, 1.82) is 0 Å². The highest BCUT2D eigenvalue weighted by atomic mass is 35.5. The Morgan fingerprint density at radius 3 is 1.21 bits per heavy atom. The molecule has 8 aliphatic carbocycles. The first-order valence-electron chi connectivity index (χ1n) is 43.1. The highest BCUT2D eigenvalue weighted by Gasteiger charge is 2.62. The number of nitrogens with zero attached hydrogens (tertiary/aromatic N) is 4. The van der Waals surface area contributed by atoms with Gasteiger partial charge in [0.15, 0.2) is 0 Å². The molecule has 4 saturated heterocycles. The van der Waals surface area contributed by atoms with Gasteiger partial charge in [-0.15, -0.1) is 0 Å². The lowest BCUT2D eigenvalue weighted by Crippen LogP contribution is -3.00. The van der Waals surface area contributed by atoms with E-state index in [-0.39, 0.29) is 88.6 Å². The van der Waals surface area contributed by atoms with E-state index in [0.29, 0.717) is 78.0 Å². The average Bonchev–Trinajstić information content (AvgIpc) is 0.720. The molecule has 4 aliphatic heterocycles. The van der Waals surface area contributed by atoms with Crippen molar-refractivity contribution in [1.82, 2.24) is 20.4 Å². The van der Waals surface area contributed by atoms with Crippen molar-refractivity contribution < 1.29 is 105 Å². The largest absolute Gasteiger partial charge is 1.00 e. The van der Waals surface area contributed by atoms with Gasteiger partial charge >= 0.3 is 36.0 Å². The number of benzene rings is 4. The number of carbonyl (C=O) groups is 8. The van der Waals surface area contributed by atoms with Gasteiger partial charge in [0.25, 0.3) is 0 Å². The van der Waals surface area contributed by atoms with Crippen LogP contribution in [0.4, 0.5) is 4.79 Å². The monoisotopic (exact) mass is 1640 g/mol. The van der Waals surface area contributed by atoms with Crippen molar-refractivity contribution in [3.63, 3.8) is 0 Å². The van der Waals surface area contributed by atoms with Crippen LogP contribution in [-0.4, -0.2) is 177 Å². The lowest BCUT2D eigenvalue weighted by atomic mass is 9.52. The third-order valence-corrected chi connectivity index (χ3v) is 30.1. The van der Waals surface area contributed by atoms with Crippen molar-refractivity contribution in [3.8, 4) is 17.2 Å². The van der Waals surface area contributed by atoms with Crippen molar-refractivity contribution in [3.05, 3.63) is 123 Å². The van der Waals surface area contributed by atoms with Crippen LogP contribution >= 0.6 is 0 Å². The normalized spacial score (nSPS) is 30.9. The van der Waals surface area contributed by atoms with Gasteiger partial charge in [0, 0.05) is 106 Å². The van der Waals surface area contributed by atoms with Gasteiger partial charge in [-0.05, 0) is 216 Å². The van der Waals surface area contributed by atoms with Crippen LogP contribution < -0.4 is 49.7 Å². The number of rotatable bonds is 15. The van der Waals surface area contributed by atoms with Crippen LogP contribution in [0.2, 0.25) is 0 Å². The minimum atomic E-state index is -0.928. The lowest BCUT2D eigenvalue weighted by Gasteiger charge is -2.61. The Kier molecular flexibility index (Phi) is 28.5. The van der Waals surface area contributed by atoms with E-state index in [4.69, 9.17) is 33.2 Å². The minimum Gasteiger partial charge on any atom is -1.00 e. The summed E-state index contributed by atoms with van der Waals surface area (Å²) in [5.41, 5.74) is 13.9. The topological polar surface area (TPSA) is 232 Å². The Labute approximate surface area is 701 Å². The molecule has 0 radical (unpaired) electrons. The van der Waals surface area contributed by atoms with Crippen LogP contribution in [0.25, 0.3) is 0 Å². The van der Waals surface area contributed by atoms with Gasteiger partial charge in [-0.2, -0.15) is 0 Å². The van der Waals surface area contributed by atoms with Gasteiger partial charge in [0.2, 0.25) is 32.1 Å². The van der Waals surface area contributed by atoms with Crippen molar-refractivity contribution >= 4 is 47.8 Å². The Morgan fingerprint density at radius 2 is 0.802 bits per heavy atom. The number of likely N-dealkylation sites (tertiary alicyclic amines) is 4. The summed E-state index contributed by atoms with van der Waals surface area (Å²) in [6.07, 6.45) is 28.5. The van der Waals surface area contributed by atoms with Gasteiger partial charge in [-0.3, -0.25) is 32.9 Å². The molecule has 0 aromatic heterocycles. The third kappa shape index (κ3) is 18.2. The first-order chi connectivity index (χ1) is 54.3. The van der Waals surface area contributed by atoms with E-state index in [1.165, 1.54) is 189 Å². The number of likely N-dealkylation sites (N-methyl/N-ethyl adjacent to an activating group) is 4. The summed E-state index contributed by atoms with van der Waals surface area (Å²) in [4.78, 5) is 99.3. The molecule has 2 N–H and O–H groups in total. The van der Waals surface area contributed by atoms with Gasteiger partial charge in [0.05, 0.1) is 39.3 Å². The fourth-order valence-corrected chi connectivity index (χ4v) is 24.5. The molecule has 16 atom stereocenters. The molecule has 636 valence electrons. The number of aryl methyl sites for hydroxylation is 1. The molecule has 21 nitrogen and oxygen atoms in total. The molecule has 2 amide bonds. The minimum absolute atomic E-state index is 0. The van der Waals surface area contributed by atoms with Crippen LogP contribution in [-0.2, 0) is 99.9 Å². The second kappa shape index (κ2) is 36.8. The molecule has 4 heterocycles. The van der Waals surface area contributed by atoms with E-state index >= 15 is 0 Å². The second-order valence-corrected chi connectivity index (χ2v) is 37.6. The van der Waals surface area contributed by atoms with E-state index in [2.05, 4.69) is 104 Å². The van der Waals surface area contributed by atoms with E-state index < -0.39 is 31.0 Å². The Morgan fingerprint density at radius 1 is 0.431 bits per heavy atom. The predicted octanol–water partition coefficient (Wildman–Crippen LogP) is 8.05. The SMILES string of the molecule is CC(=O)NC(C(=O)OCOC(=O)Oc1ccc2c(c1)[C@]13CCCC[C@@H]1C(C2)N(C)CC3)C(C)C.CC(=O)NC(C(=O)Oc1ccc2c(c1)[C@]13CCCC[C@@H]1C(C2)N(C)CC3)C(C)C.CC(=O)OC[N@@+]1(C)CC[C@@]23CCCC[C@@H]2[C@@H]1Cc1ccc(C)cc13.CC(=O)OC[N@@+]1(C)CC[C@@]23CCCC[C@@H]2[C@@H]1Cc1ccc(OC(C)=O)cc13.[Cl-].[Cl-]. The zero-order valence-corrected chi connectivity index (χ0v) is 73.0. The number of fused-ring (bicyclic) bond motifs is 4. The fourth-order valence-electron chi connectivity index (χ4n) is 24.5. The standard InChI is InChI=1S/C26H36N2O6.C24H34N2O3.C22H30NO4.C21H30NO2.2ClH/c1-16(2)23(27-17(3)29)24(30)32-15-33-25(31)34-19-9-8-18-13-22-20-7-5-6-10-26(20,21(18)14-19)11-12-28(22)4;1-15(2)22(25-16(3)27)23(28)29-18-9-8-17-13-21-19-7-5-6-10-24(19,20(17)14-18)11-12-26(21)4;1-15(24)26-14-23(3)11-10-22-9-5-4-6-19(22)21(23)12-17-7-8-18(13-20(17)22)27-16(2)25;1-15-7-8-17-13-20-18-6-4-5-9-21(18,19(17)12-15)10-11-22(20,3)14-24-16(2)23;;/h8-9,14,16,20,22-23H,5-7,10-13,15H2,1-4H3,(H,27,29);8-9,14-15,19,21-22H,5-7,10-13H2,1-4H3,(H,25,27);7-8,13,19,21H,4-6,9-12,14H2,1-3H3;7-8,12,18,20H,4-6,9-11,13-14H2,1-3H3;2*1H/q;;2*+1;;/p-2/t20-,22?,23?,26+;19-,21?,22?,24+;19-,21+,22+,23-;18-,20+,21+,22-;;/m1111../s1. The number of piperidine rings is 4. The fraction of sp³-hybridized carbons (Fsp3) is 0.656. The Balaban J connectivity index is 0.000000152. The van der Waals surface area contributed by atoms with E-state index in [0.717, 1.165) is 79.6 Å². The molecule has 116 heavy (non-hydrogen) atoms. The number of amides is 2. The molecule has 4 saturated carbocycles. The molecule has 16 rings (SSSR count). The number of hydrogen-bond acceptors (Lipinski definition) is 17. The molecule has 4 unspecified atom stereocenters. The summed E-state index contributed by atoms with van der Waals surface area (Å²) in [7, 11) is 9.09. The van der Waals surface area contributed by atoms with Crippen LogP contribution in [0.1, 0.15) is 241 Å². The number of halogens is 2. The number of hydrogen-bond donors (Lipinski definition) is 2. The molecule has 12 aliphatic rings. The quantitative estimate of drug-likeness (QED) is 0.0286. The molecular formula is C93H130Cl2N6O15. The van der Waals surface area contributed by atoms with Crippen LogP contribution in [0.3, 0.4) is 0 Å². The van der Waals surface area contributed by atoms with Crippen molar-refractivity contribution in [2.45, 2.75) is 281 Å². The highest BCUT2D eigenvalue weighted by molar-refractivity contribution is 5.85. The molecule has 4 aromatic carbocycles. The van der Waals surface area contributed by atoms with Crippen LogP contribution in [0.15, 0.2) is 72.8 Å². The Bertz CT molecular complexity index is 4270. The maximum Gasteiger partial charge on any atom is 0.516 e. The molecule has 0 spiro atoms. The number of quaternary nitrogens is 2. The zero-order chi connectivity index (χ0) is 81.4. The van der Waals surface area contributed by atoms with E-state index in [1.807, 2.05) is 38.1 Å². The number of carbonyl (C=O) groups excluding carboxylic acids is 8. The summed E-state index contributed by atoms with van der Waals surface area (Å²) < 4.78 is 39.3. The van der Waals surface area contributed by atoms with Crippen LogP contribution in [0.5, 0.6) is 17.2 Å². The van der Waals surface area contributed by atoms with Crippen molar-refractivity contribution in [2.75, 3.05) is 74.6 Å². The maximum absolute atomic E-state index is 12.8. The molecule has 8 bridgehead atoms. The highest BCUT2D eigenvalue weighted by Crippen LogP contribution is 2.61. The van der Waals surface area contributed by atoms with Crippen LogP contribution in [0, 0.1) is 42.4 Å². The second-order valence-electron chi connectivity index (χ2n) is 37.6. The zero-order valence-electron chi connectivity index (χ0n) is 71.4. The molecule has 23 heteroatoms. The number of ether oxygens (including phenoxy) is 7. The van der Waals surface area contributed by atoms with E-state index in [9.17, 15) is 38.4 Å². The first kappa shape index (κ1) is 89.6. The average molecular weight is 1640 g/mol. The van der Waals surface area contributed by atoms with Gasteiger partial charge in [-0.25, -0.2) is 14.4 Å². The molecular weight excluding hydrogens is 1510 g/mol. The summed E-state index contributed by atoms with van der Waals surface area (Å²) in [6.45, 7) is 21.7. The third-order valence-electron chi connectivity index (χ3n) is 30.1. The summed E-state index contributed by atoms with van der Waals surface area (Å²) in [5, 5.41) is 5.27. The summed E-state index contributed by atoms with van der Waals surface area (Å²) >= 11 is 0. The van der Waals surface area contributed by atoms with Crippen molar-refractivity contribution in [2.24, 2.45) is 35.5 Å². The molecule has 8 fully saturated rings. The van der Waals surface area contributed by atoms with E-state index in [1.54, 1.807) is 25.0 Å².